The molecule has 0 aromatic carbocycles. The van der Waals surface area contributed by atoms with Crippen LogP contribution >= 0.6 is 0 Å². The van der Waals surface area contributed by atoms with Crippen LogP contribution in [-0.4, -0.2) is 88.7 Å². The molecule has 0 N–H and O–H groups in total. The van der Waals surface area contributed by atoms with Crippen molar-refractivity contribution < 1.29 is 17.1 Å². The molecule has 0 rings (SSSR count). The van der Waals surface area contributed by atoms with Gasteiger partial charge in [-0.15, -0.1) is 0 Å². The summed E-state index contributed by atoms with van der Waals surface area (Å²) in [6.07, 6.45) is 0. The van der Waals surface area contributed by atoms with E-state index in [0.717, 1.165) is 0 Å². The van der Waals surface area contributed by atoms with Gasteiger partial charge in [0, 0.05) is 106 Å². The molecule has 0 spiro atoms. The SMILES string of the molecule is [Cu].[Na].[Na].[Na]. The van der Waals surface area contributed by atoms with Gasteiger partial charge < -0.3 is 0 Å². The maximum Gasteiger partial charge on any atom is 0 e. The Bertz CT molecular complexity index is 3.25. The van der Waals surface area contributed by atoms with Crippen molar-refractivity contribution in [2.75, 3.05) is 0 Å². The summed E-state index contributed by atoms with van der Waals surface area (Å²) >= 11 is 0. The molecule has 0 saturated heterocycles. The summed E-state index contributed by atoms with van der Waals surface area (Å²) in [5.74, 6) is 0. The van der Waals surface area contributed by atoms with Gasteiger partial charge in [-0.2, -0.15) is 0 Å². The van der Waals surface area contributed by atoms with Crippen LogP contribution in [0.3, 0.4) is 0 Å². The number of hydrogen-bond donors (Lipinski definition) is 0. The van der Waals surface area contributed by atoms with Crippen molar-refractivity contribution >= 4 is 88.7 Å². The fraction of sp³-hybridized carbons (Fsp3) is 0. The van der Waals surface area contributed by atoms with Gasteiger partial charge in [-0.25, -0.2) is 0 Å². The summed E-state index contributed by atoms with van der Waals surface area (Å²) in [6, 6.07) is 0. The molecule has 0 atom stereocenters. The van der Waals surface area contributed by atoms with Gasteiger partial charge >= 0.3 is 0 Å². The average molecular weight is 133 g/mol. The van der Waals surface area contributed by atoms with Crippen molar-refractivity contribution in [3.8, 4) is 0 Å². The predicted octanol–water partition coefficient (Wildman–Crippen LogP) is -1.14. The van der Waals surface area contributed by atoms with Crippen LogP contribution in [0.4, 0.5) is 0 Å². The summed E-state index contributed by atoms with van der Waals surface area (Å²) in [4.78, 5) is 0. The molecule has 4 heteroatoms. The number of rotatable bonds is 0. The Hall–Kier alpha value is 3.52. The first-order valence-electron chi connectivity index (χ1n) is 0. The van der Waals surface area contributed by atoms with Crippen LogP contribution in [0.1, 0.15) is 0 Å². The zero-order chi connectivity index (χ0) is 0. The van der Waals surface area contributed by atoms with E-state index in [4.69, 9.17) is 0 Å². The first kappa shape index (κ1) is 25.8. The molecule has 0 aliphatic carbocycles. The Balaban J connectivity index is 0. The molecule has 0 heterocycles. The fourth-order valence-electron chi connectivity index (χ4n) is 0. The van der Waals surface area contributed by atoms with E-state index in [9.17, 15) is 0 Å². The molecule has 0 aliphatic heterocycles. The van der Waals surface area contributed by atoms with Crippen LogP contribution < -0.4 is 0 Å². The third-order valence-corrected chi connectivity index (χ3v) is 0. The van der Waals surface area contributed by atoms with E-state index in [2.05, 4.69) is 0 Å². The van der Waals surface area contributed by atoms with Crippen molar-refractivity contribution in [3.63, 3.8) is 0 Å². The molecule has 0 unspecified atom stereocenters. The predicted molar refractivity (Wildman–Crippen MR) is 17.3 cm³/mol. The van der Waals surface area contributed by atoms with Gasteiger partial charge in [0.05, 0.1) is 0 Å². The van der Waals surface area contributed by atoms with Crippen LogP contribution in [0.2, 0.25) is 0 Å². The van der Waals surface area contributed by atoms with Gasteiger partial charge in [0.2, 0.25) is 0 Å². The van der Waals surface area contributed by atoms with Crippen LogP contribution in [0, 0.1) is 0 Å². The Morgan fingerprint density at radius 2 is 0.500 bits per heavy atom. The minimum atomic E-state index is 0. The summed E-state index contributed by atoms with van der Waals surface area (Å²) < 4.78 is 0. The molecule has 0 aromatic heterocycles. The third kappa shape index (κ3) is 9.10. The van der Waals surface area contributed by atoms with E-state index >= 15 is 0 Å². The molecule has 14 valence electrons. The molecular formula is CuNa3. The molecular weight excluding hydrogens is 133 g/mol. The van der Waals surface area contributed by atoms with E-state index in [1.165, 1.54) is 0 Å². The van der Waals surface area contributed by atoms with Crippen molar-refractivity contribution in [2.45, 2.75) is 0 Å². The molecule has 4 heavy (non-hydrogen) atoms. The molecule has 0 aliphatic rings. The Labute approximate surface area is 103 Å². The van der Waals surface area contributed by atoms with Gasteiger partial charge in [0.25, 0.3) is 0 Å². The monoisotopic (exact) mass is 132 g/mol. The van der Waals surface area contributed by atoms with E-state index in [1.807, 2.05) is 0 Å². The topological polar surface area (TPSA) is 0 Å². The van der Waals surface area contributed by atoms with Crippen LogP contribution in [-0.2, 0) is 17.1 Å². The maximum absolute atomic E-state index is 0. The Morgan fingerprint density at radius 1 is 0.500 bits per heavy atom. The van der Waals surface area contributed by atoms with Gasteiger partial charge in [0.1, 0.15) is 0 Å². The molecule has 0 nitrogen and oxygen atoms in total. The first-order chi connectivity index (χ1) is 0. The molecule has 4 radical (unpaired) electrons. The van der Waals surface area contributed by atoms with Gasteiger partial charge in [-0.1, -0.05) is 0 Å². The summed E-state index contributed by atoms with van der Waals surface area (Å²) in [5.41, 5.74) is 0. The summed E-state index contributed by atoms with van der Waals surface area (Å²) in [5, 5.41) is 0. The summed E-state index contributed by atoms with van der Waals surface area (Å²) in [6.45, 7) is 0. The Kier molecular flexibility index (Phi) is 103. The molecule has 0 aromatic rings. The second kappa shape index (κ2) is 16.0. The van der Waals surface area contributed by atoms with Crippen molar-refractivity contribution in [3.05, 3.63) is 0 Å². The largest absolute Gasteiger partial charge is 0 e. The van der Waals surface area contributed by atoms with E-state index in [0.29, 0.717) is 0 Å². The minimum absolute atomic E-state index is 0. The normalized spacial score (nSPS) is 0. The standard InChI is InChI=1S/Cu.3Na. The van der Waals surface area contributed by atoms with Gasteiger partial charge in [-0.3, -0.25) is 0 Å². The molecule has 0 bridgehead atoms. The van der Waals surface area contributed by atoms with Crippen LogP contribution in [0.25, 0.3) is 0 Å². The maximum atomic E-state index is 0. The molecule has 0 amide bonds. The van der Waals surface area contributed by atoms with Crippen molar-refractivity contribution in [2.24, 2.45) is 0 Å². The van der Waals surface area contributed by atoms with Gasteiger partial charge in [-0.05, 0) is 0 Å². The zero-order valence-electron chi connectivity index (χ0n) is 3.30. The van der Waals surface area contributed by atoms with Crippen molar-refractivity contribution in [1.29, 1.82) is 0 Å². The second-order valence-electron chi connectivity index (χ2n) is 0. The quantitative estimate of drug-likeness (QED) is 0.366. The summed E-state index contributed by atoms with van der Waals surface area (Å²) in [7, 11) is 0. The average Bonchev–Trinajstić information content (AvgIpc) is 0. The number of hydrogen-bond acceptors (Lipinski definition) is 0. The van der Waals surface area contributed by atoms with E-state index in [-0.39, 0.29) is 106 Å². The third-order valence-electron chi connectivity index (χ3n) is 0. The second-order valence-corrected chi connectivity index (χ2v) is 0. The zero-order valence-corrected chi connectivity index (χ0v) is 10.2. The molecule has 0 fully saturated rings. The van der Waals surface area contributed by atoms with Crippen molar-refractivity contribution in [1.82, 2.24) is 0 Å². The van der Waals surface area contributed by atoms with E-state index in [1.54, 1.807) is 0 Å². The van der Waals surface area contributed by atoms with Gasteiger partial charge in [0.15, 0.2) is 0 Å². The van der Waals surface area contributed by atoms with E-state index < -0.39 is 0 Å². The fourth-order valence-corrected chi connectivity index (χ4v) is 0. The smallest absolute Gasteiger partial charge is 0 e. The Morgan fingerprint density at radius 3 is 0.500 bits per heavy atom. The first-order valence-corrected chi connectivity index (χ1v) is 0. The molecule has 0 saturated carbocycles. The van der Waals surface area contributed by atoms with Crippen LogP contribution in [0.15, 0.2) is 0 Å². The minimum Gasteiger partial charge on any atom is 0 e. The van der Waals surface area contributed by atoms with Crippen LogP contribution in [0.5, 0.6) is 0 Å².